The molecule has 0 aliphatic carbocycles. The quantitative estimate of drug-likeness (QED) is 0.871. The maximum atomic E-state index is 11.6. The molecule has 114 valence electrons. The highest BCUT2D eigenvalue weighted by Gasteiger charge is 2.16. The summed E-state index contributed by atoms with van der Waals surface area (Å²) in [6.07, 6.45) is 2.99. The Morgan fingerprint density at radius 2 is 2.05 bits per heavy atom. The second kappa shape index (κ2) is 7.28. The van der Waals surface area contributed by atoms with Crippen molar-refractivity contribution in [2.24, 2.45) is 0 Å². The Hall–Kier alpha value is -1.56. The molecule has 20 heavy (non-hydrogen) atoms. The molecule has 1 N–H and O–H groups in total. The number of likely N-dealkylation sites (N-methyl/N-ethyl adjacent to an activating group) is 1. The van der Waals surface area contributed by atoms with E-state index < -0.39 is 11.7 Å². The minimum atomic E-state index is -0.497. The van der Waals surface area contributed by atoms with E-state index in [1.54, 1.807) is 6.20 Å². The lowest BCUT2D eigenvalue weighted by Gasteiger charge is -2.19. The van der Waals surface area contributed by atoms with E-state index in [4.69, 9.17) is 4.74 Å². The molecule has 0 bridgehead atoms. The molecule has 6 heteroatoms. The normalized spacial score (nSPS) is 11.7. The first-order valence-corrected chi connectivity index (χ1v) is 7.09. The number of hydrogen-bond acceptors (Lipinski definition) is 4. The van der Waals surface area contributed by atoms with E-state index in [-0.39, 0.29) is 0 Å². The molecule has 0 fully saturated rings. The molecule has 1 rings (SSSR count). The Labute approximate surface area is 121 Å². The fourth-order valence-corrected chi connectivity index (χ4v) is 1.76. The van der Waals surface area contributed by atoms with Gasteiger partial charge in [0.2, 0.25) is 0 Å². The van der Waals surface area contributed by atoms with E-state index >= 15 is 0 Å². The molecule has 6 nitrogen and oxygen atoms in total. The summed E-state index contributed by atoms with van der Waals surface area (Å²) in [6, 6.07) is 0. The molecule has 0 aromatic carbocycles. The number of carbonyl (C=O) groups is 1. The van der Waals surface area contributed by atoms with Gasteiger partial charge < -0.3 is 9.64 Å². The fourth-order valence-electron chi connectivity index (χ4n) is 1.76. The van der Waals surface area contributed by atoms with Crippen LogP contribution in [0, 0.1) is 0 Å². The standard InChI is InChI=1S/C14H26N4O2/c1-6-17(7-2)8-9-18-11-12(10-15-18)16-13(19)20-14(3,4)5/h10-11H,6-9H2,1-5H3,(H,16,19). The number of aromatic nitrogens is 2. The zero-order valence-electron chi connectivity index (χ0n) is 13.1. The number of nitrogens with one attached hydrogen (secondary N) is 1. The molecule has 0 unspecified atom stereocenters. The van der Waals surface area contributed by atoms with Crippen LogP contribution in [0.4, 0.5) is 10.5 Å². The highest BCUT2D eigenvalue weighted by Crippen LogP contribution is 2.11. The maximum Gasteiger partial charge on any atom is 0.412 e. The predicted octanol–water partition coefficient (Wildman–Crippen LogP) is 2.57. The van der Waals surface area contributed by atoms with Crippen LogP contribution in [-0.4, -0.2) is 46.0 Å². The van der Waals surface area contributed by atoms with Gasteiger partial charge in [-0.3, -0.25) is 10.00 Å². The Morgan fingerprint density at radius 1 is 1.40 bits per heavy atom. The van der Waals surface area contributed by atoms with E-state index in [9.17, 15) is 4.79 Å². The topological polar surface area (TPSA) is 59.4 Å². The minimum absolute atomic E-state index is 0.458. The van der Waals surface area contributed by atoms with Crippen LogP contribution in [0.1, 0.15) is 34.6 Å². The lowest BCUT2D eigenvalue weighted by molar-refractivity contribution is 0.0636. The lowest BCUT2D eigenvalue weighted by Crippen LogP contribution is -2.27. The predicted molar refractivity (Wildman–Crippen MR) is 79.9 cm³/mol. The molecule has 1 aromatic rings. The van der Waals surface area contributed by atoms with Gasteiger partial charge in [-0.1, -0.05) is 13.8 Å². The molecular formula is C14H26N4O2. The van der Waals surface area contributed by atoms with Crippen LogP contribution < -0.4 is 5.32 Å². The van der Waals surface area contributed by atoms with Crippen LogP contribution in [0.2, 0.25) is 0 Å². The first kappa shape index (κ1) is 16.5. The van der Waals surface area contributed by atoms with Crippen LogP contribution in [0.3, 0.4) is 0 Å². The summed E-state index contributed by atoms with van der Waals surface area (Å²) >= 11 is 0. The highest BCUT2D eigenvalue weighted by atomic mass is 16.6. The molecule has 0 saturated heterocycles. The van der Waals surface area contributed by atoms with Gasteiger partial charge in [0, 0.05) is 12.7 Å². The van der Waals surface area contributed by atoms with E-state index in [0.717, 1.165) is 26.2 Å². The smallest absolute Gasteiger partial charge is 0.412 e. The third-order valence-electron chi connectivity index (χ3n) is 2.82. The van der Waals surface area contributed by atoms with Gasteiger partial charge in [-0.25, -0.2) is 4.79 Å². The van der Waals surface area contributed by atoms with Crippen LogP contribution in [0.15, 0.2) is 12.4 Å². The molecule has 0 atom stereocenters. The first-order valence-electron chi connectivity index (χ1n) is 7.09. The van der Waals surface area contributed by atoms with Gasteiger partial charge in [0.1, 0.15) is 5.60 Å². The Balaban J connectivity index is 2.45. The van der Waals surface area contributed by atoms with Crippen molar-refractivity contribution in [3.05, 3.63) is 12.4 Å². The number of amides is 1. The number of carbonyl (C=O) groups excluding carboxylic acids is 1. The summed E-state index contributed by atoms with van der Waals surface area (Å²) in [5.41, 5.74) is 0.154. The summed E-state index contributed by atoms with van der Waals surface area (Å²) in [4.78, 5) is 13.9. The van der Waals surface area contributed by atoms with Crippen LogP contribution >= 0.6 is 0 Å². The average molecular weight is 282 g/mol. The first-order chi connectivity index (χ1) is 9.34. The summed E-state index contributed by atoms with van der Waals surface area (Å²) in [7, 11) is 0. The van der Waals surface area contributed by atoms with E-state index in [1.807, 2.05) is 31.6 Å². The van der Waals surface area contributed by atoms with Gasteiger partial charge in [0.15, 0.2) is 0 Å². The van der Waals surface area contributed by atoms with Gasteiger partial charge in [-0.05, 0) is 33.9 Å². The van der Waals surface area contributed by atoms with E-state index in [0.29, 0.717) is 5.69 Å². The zero-order chi connectivity index (χ0) is 15.2. The third-order valence-corrected chi connectivity index (χ3v) is 2.82. The Bertz CT molecular complexity index is 419. The van der Waals surface area contributed by atoms with Gasteiger partial charge >= 0.3 is 6.09 Å². The van der Waals surface area contributed by atoms with Gasteiger partial charge in [0.25, 0.3) is 0 Å². The molecule has 0 radical (unpaired) electrons. The Morgan fingerprint density at radius 3 is 2.60 bits per heavy atom. The molecule has 1 amide bonds. The summed E-state index contributed by atoms with van der Waals surface area (Å²) < 4.78 is 7.01. The van der Waals surface area contributed by atoms with Crippen molar-refractivity contribution in [2.45, 2.75) is 46.8 Å². The summed E-state index contributed by atoms with van der Waals surface area (Å²) in [5.74, 6) is 0. The largest absolute Gasteiger partial charge is 0.444 e. The van der Waals surface area contributed by atoms with Gasteiger partial charge in [0.05, 0.1) is 18.4 Å². The molecular weight excluding hydrogens is 256 g/mol. The van der Waals surface area contributed by atoms with Crippen LogP contribution in [0.5, 0.6) is 0 Å². The third kappa shape index (κ3) is 6.06. The second-order valence-corrected chi connectivity index (χ2v) is 5.65. The highest BCUT2D eigenvalue weighted by molar-refractivity contribution is 5.84. The number of anilines is 1. The zero-order valence-corrected chi connectivity index (χ0v) is 13.1. The molecule has 0 aliphatic heterocycles. The van der Waals surface area contributed by atoms with Crippen molar-refractivity contribution in [3.63, 3.8) is 0 Å². The Kier molecular flexibility index (Phi) is 6.01. The number of hydrogen-bond donors (Lipinski definition) is 1. The fraction of sp³-hybridized carbons (Fsp3) is 0.714. The van der Waals surface area contributed by atoms with Crippen molar-refractivity contribution in [1.82, 2.24) is 14.7 Å². The SMILES string of the molecule is CCN(CC)CCn1cc(NC(=O)OC(C)(C)C)cn1. The average Bonchev–Trinajstić information content (AvgIpc) is 2.75. The van der Waals surface area contributed by atoms with Crippen molar-refractivity contribution in [2.75, 3.05) is 25.0 Å². The van der Waals surface area contributed by atoms with Gasteiger partial charge in [-0.15, -0.1) is 0 Å². The molecule has 0 saturated carbocycles. The van der Waals surface area contributed by atoms with Gasteiger partial charge in [-0.2, -0.15) is 5.10 Å². The van der Waals surface area contributed by atoms with Crippen LogP contribution in [0.25, 0.3) is 0 Å². The monoisotopic (exact) mass is 282 g/mol. The van der Waals surface area contributed by atoms with Crippen LogP contribution in [-0.2, 0) is 11.3 Å². The number of nitrogens with zero attached hydrogens (tertiary/aromatic N) is 3. The van der Waals surface area contributed by atoms with Crippen molar-refractivity contribution >= 4 is 11.8 Å². The number of rotatable bonds is 6. The van der Waals surface area contributed by atoms with Crippen molar-refractivity contribution in [3.8, 4) is 0 Å². The van der Waals surface area contributed by atoms with E-state index in [1.165, 1.54) is 0 Å². The van der Waals surface area contributed by atoms with E-state index in [2.05, 4.69) is 29.2 Å². The molecule has 1 heterocycles. The summed E-state index contributed by atoms with van der Waals surface area (Å²) in [5, 5.41) is 6.90. The van der Waals surface area contributed by atoms with Crippen molar-refractivity contribution in [1.29, 1.82) is 0 Å². The summed E-state index contributed by atoms with van der Waals surface area (Å²) in [6.45, 7) is 13.6. The minimum Gasteiger partial charge on any atom is -0.444 e. The molecule has 0 spiro atoms. The molecule has 0 aliphatic rings. The maximum absolute atomic E-state index is 11.6. The number of ether oxygens (including phenoxy) is 1. The second-order valence-electron chi connectivity index (χ2n) is 5.65. The van der Waals surface area contributed by atoms with Crippen molar-refractivity contribution < 1.29 is 9.53 Å². The molecule has 1 aromatic heterocycles. The lowest BCUT2D eigenvalue weighted by atomic mass is 10.2.